The average Bonchev–Trinajstić information content (AvgIpc) is 2.30. The van der Waals surface area contributed by atoms with Crippen LogP contribution in [0.15, 0.2) is 0 Å². The van der Waals surface area contributed by atoms with Crippen molar-refractivity contribution in [1.82, 2.24) is 0 Å². The molecule has 2 rings (SSSR count). The number of aliphatic hydroxyl groups is 1. The van der Waals surface area contributed by atoms with Gasteiger partial charge < -0.3 is 5.11 Å². The maximum absolute atomic E-state index is 10.1. The van der Waals surface area contributed by atoms with Crippen molar-refractivity contribution in [1.29, 1.82) is 5.26 Å². The molecule has 0 heterocycles. The van der Waals surface area contributed by atoms with E-state index in [1.807, 2.05) is 0 Å². The normalized spacial score (nSPS) is 44.7. The average molecular weight is 193 g/mol. The van der Waals surface area contributed by atoms with Crippen molar-refractivity contribution < 1.29 is 5.11 Å². The van der Waals surface area contributed by atoms with Gasteiger partial charge in [0.15, 0.2) is 0 Å². The highest BCUT2D eigenvalue weighted by atomic mass is 16.3. The Bertz CT molecular complexity index is 279. The highest BCUT2D eigenvalue weighted by Crippen LogP contribution is 2.61. The molecule has 0 aromatic rings. The van der Waals surface area contributed by atoms with E-state index in [1.54, 1.807) is 0 Å². The Balaban J connectivity index is 2.28. The van der Waals surface area contributed by atoms with Crippen molar-refractivity contribution in [3.63, 3.8) is 0 Å². The molecular weight excluding hydrogens is 174 g/mol. The molecule has 78 valence electrons. The monoisotopic (exact) mass is 193 g/mol. The molecule has 0 aromatic carbocycles. The van der Waals surface area contributed by atoms with Crippen molar-refractivity contribution in [3.05, 3.63) is 0 Å². The van der Waals surface area contributed by atoms with Crippen molar-refractivity contribution >= 4 is 0 Å². The first-order valence-electron chi connectivity index (χ1n) is 5.55. The zero-order chi connectivity index (χ0) is 10.4. The Kier molecular flexibility index (Phi) is 2.12. The molecule has 14 heavy (non-hydrogen) atoms. The van der Waals surface area contributed by atoms with Gasteiger partial charge in [-0.25, -0.2) is 0 Å². The lowest BCUT2D eigenvalue weighted by molar-refractivity contribution is 0.00172. The maximum atomic E-state index is 10.1. The molecule has 0 aliphatic heterocycles. The van der Waals surface area contributed by atoms with E-state index >= 15 is 0 Å². The summed E-state index contributed by atoms with van der Waals surface area (Å²) in [5.41, 5.74) is 0.259. The van der Waals surface area contributed by atoms with Gasteiger partial charge in [-0.1, -0.05) is 13.8 Å². The lowest BCUT2D eigenvalue weighted by Crippen LogP contribution is -2.35. The zero-order valence-electron chi connectivity index (χ0n) is 9.08. The van der Waals surface area contributed by atoms with Gasteiger partial charge in [-0.05, 0) is 37.0 Å². The lowest BCUT2D eigenvalue weighted by Gasteiger charge is -2.36. The molecule has 3 atom stereocenters. The summed E-state index contributed by atoms with van der Waals surface area (Å²) in [4.78, 5) is 0. The molecule has 2 aliphatic rings. The summed E-state index contributed by atoms with van der Waals surface area (Å²) in [6.07, 6.45) is 4.43. The molecule has 0 spiro atoms. The van der Waals surface area contributed by atoms with Gasteiger partial charge in [0.05, 0.1) is 12.2 Å². The summed E-state index contributed by atoms with van der Waals surface area (Å²) in [7, 11) is 0. The number of hydrogen-bond acceptors (Lipinski definition) is 2. The van der Waals surface area contributed by atoms with Gasteiger partial charge in [0.1, 0.15) is 0 Å². The van der Waals surface area contributed by atoms with Crippen LogP contribution in [0.5, 0.6) is 0 Å². The van der Waals surface area contributed by atoms with Crippen molar-refractivity contribution in [2.24, 2.45) is 16.7 Å². The number of fused-ring (bicyclic) bond motifs is 2. The minimum Gasteiger partial charge on any atom is -0.393 e. The fourth-order valence-electron chi connectivity index (χ4n) is 3.71. The highest BCUT2D eigenvalue weighted by molar-refractivity contribution is 5.08. The number of hydrogen-bond donors (Lipinski definition) is 1. The summed E-state index contributed by atoms with van der Waals surface area (Å²) < 4.78 is 0. The fourth-order valence-corrected chi connectivity index (χ4v) is 3.71. The SMILES string of the molecule is CC1(C)CC2(CC#N)CC1CCC2O. The van der Waals surface area contributed by atoms with E-state index in [1.165, 1.54) is 0 Å². The topological polar surface area (TPSA) is 44.0 Å². The predicted octanol–water partition coefficient (Wildman–Crippen LogP) is 2.48. The van der Waals surface area contributed by atoms with Crippen molar-refractivity contribution in [2.45, 2.75) is 52.1 Å². The Hall–Kier alpha value is -0.550. The summed E-state index contributed by atoms with van der Waals surface area (Å²) in [6.45, 7) is 4.57. The molecule has 1 N–H and O–H groups in total. The van der Waals surface area contributed by atoms with Crippen LogP contribution in [0.25, 0.3) is 0 Å². The summed E-state index contributed by atoms with van der Waals surface area (Å²) >= 11 is 0. The Morgan fingerprint density at radius 3 is 2.79 bits per heavy atom. The first-order valence-corrected chi connectivity index (χ1v) is 5.55. The van der Waals surface area contributed by atoms with Crippen LogP contribution in [-0.4, -0.2) is 11.2 Å². The number of rotatable bonds is 1. The third-order valence-electron chi connectivity index (χ3n) is 4.49. The highest BCUT2D eigenvalue weighted by Gasteiger charge is 2.55. The van der Waals surface area contributed by atoms with Crippen LogP contribution in [0.4, 0.5) is 0 Å². The second-order valence-electron chi connectivity index (χ2n) is 5.86. The third kappa shape index (κ3) is 1.26. The molecule has 2 nitrogen and oxygen atoms in total. The summed E-state index contributed by atoms with van der Waals surface area (Å²) in [5, 5.41) is 18.9. The fraction of sp³-hybridized carbons (Fsp3) is 0.917. The molecule has 0 radical (unpaired) electrons. The maximum Gasteiger partial charge on any atom is 0.0628 e. The second-order valence-corrected chi connectivity index (χ2v) is 5.86. The molecule has 2 bridgehead atoms. The van der Waals surface area contributed by atoms with Crippen LogP contribution in [0.3, 0.4) is 0 Å². The van der Waals surface area contributed by atoms with Gasteiger partial charge >= 0.3 is 0 Å². The van der Waals surface area contributed by atoms with Crippen LogP contribution in [0.2, 0.25) is 0 Å². The molecule has 2 fully saturated rings. The molecule has 2 aliphatic carbocycles. The van der Waals surface area contributed by atoms with Gasteiger partial charge in [0, 0.05) is 11.8 Å². The van der Waals surface area contributed by atoms with E-state index in [0.717, 1.165) is 31.6 Å². The number of aliphatic hydroxyl groups excluding tert-OH is 1. The van der Waals surface area contributed by atoms with E-state index in [2.05, 4.69) is 19.9 Å². The minimum absolute atomic E-state index is 0.0683. The number of nitriles is 1. The summed E-state index contributed by atoms with van der Waals surface area (Å²) in [6, 6.07) is 2.26. The van der Waals surface area contributed by atoms with Crippen LogP contribution in [0, 0.1) is 28.1 Å². The van der Waals surface area contributed by atoms with Gasteiger partial charge in [-0.2, -0.15) is 5.26 Å². The molecule has 0 amide bonds. The Morgan fingerprint density at radius 1 is 1.43 bits per heavy atom. The molecule has 0 aromatic heterocycles. The smallest absolute Gasteiger partial charge is 0.0628 e. The molecule has 2 saturated carbocycles. The first kappa shape index (κ1) is 9.98. The van der Waals surface area contributed by atoms with E-state index in [4.69, 9.17) is 5.26 Å². The van der Waals surface area contributed by atoms with Gasteiger partial charge in [0.2, 0.25) is 0 Å². The molecule has 3 unspecified atom stereocenters. The van der Waals surface area contributed by atoms with Gasteiger partial charge in [0.25, 0.3) is 0 Å². The molecule has 0 saturated heterocycles. The lowest BCUT2D eigenvalue weighted by atomic mass is 9.71. The second kappa shape index (κ2) is 2.97. The van der Waals surface area contributed by atoms with E-state index < -0.39 is 0 Å². The van der Waals surface area contributed by atoms with Crippen molar-refractivity contribution in [3.8, 4) is 6.07 Å². The van der Waals surface area contributed by atoms with Gasteiger partial charge in [-0.15, -0.1) is 0 Å². The van der Waals surface area contributed by atoms with Gasteiger partial charge in [-0.3, -0.25) is 0 Å². The van der Waals surface area contributed by atoms with Crippen molar-refractivity contribution in [2.75, 3.05) is 0 Å². The van der Waals surface area contributed by atoms with E-state index in [-0.39, 0.29) is 11.5 Å². The Morgan fingerprint density at radius 2 is 2.14 bits per heavy atom. The first-order chi connectivity index (χ1) is 6.50. The summed E-state index contributed by atoms with van der Waals surface area (Å²) in [5.74, 6) is 0.722. The van der Waals surface area contributed by atoms with Crippen LogP contribution >= 0.6 is 0 Å². The van der Waals surface area contributed by atoms with E-state index in [0.29, 0.717) is 11.8 Å². The van der Waals surface area contributed by atoms with Crippen LogP contribution < -0.4 is 0 Å². The van der Waals surface area contributed by atoms with Crippen LogP contribution in [-0.2, 0) is 0 Å². The Labute approximate surface area is 85.9 Å². The largest absolute Gasteiger partial charge is 0.393 e. The third-order valence-corrected chi connectivity index (χ3v) is 4.49. The minimum atomic E-state index is -0.236. The standard InChI is InChI=1S/C12H19NO/c1-11(2)8-12(5-6-13)7-9(11)3-4-10(12)14/h9-10,14H,3-5,7-8H2,1-2H3. The predicted molar refractivity (Wildman–Crippen MR) is 54.4 cm³/mol. The number of nitrogens with zero attached hydrogens (tertiary/aromatic N) is 1. The molecule has 2 heteroatoms. The van der Waals surface area contributed by atoms with E-state index in [9.17, 15) is 5.11 Å². The zero-order valence-corrected chi connectivity index (χ0v) is 9.08. The molecular formula is C12H19NO. The van der Waals surface area contributed by atoms with Crippen LogP contribution in [0.1, 0.15) is 46.0 Å². The quantitative estimate of drug-likeness (QED) is 0.695.